The molecule has 32 heavy (non-hydrogen) atoms. The van der Waals surface area contributed by atoms with E-state index in [1.165, 1.54) is 0 Å². The molecule has 0 saturated carbocycles. The molecule has 0 heterocycles. The second kappa shape index (κ2) is 10.8. The van der Waals surface area contributed by atoms with E-state index in [4.69, 9.17) is 79.1 Å². The zero-order valence-electron chi connectivity index (χ0n) is 15.7. The fourth-order valence-corrected chi connectivity index (χ4v) is 3.63. The molecular formula is C18H8Cl6O8. The highest BCUT2D eigenvalue weighted by Gasteiger charge is 2.31. The average molecular weight is 565 g/mol. The van der Waals surface area contributed by atoms with Crippen molar-refractivity contribution in [3.63, 3.8) is 0 Å². The molecule has 8 nitrogen and oxygen atoms in total. The van der Waals surface area contributed by atoms with E-state index >= 15 is 0 Å². The molecule has 0 aliphatic heterocycles. The fraction of sp³-hybridized carbons (Fsp3) is 0.111. The van der Waals surface area contributed by atoms with Gasteiger partial charge in [0.1, 0.15) is 11.1 Å². The Morgan fingerprint density at radius 3 is 1.19 bits per heavy atom. The molecule has 0 N–H and O–H groups in total. The van der Waals surface area contributed by atoms with Crippen molar-refractivity contribution in [2.45, 2.75) is 0 Å². The first-order valence-electron chi connectivity index (χ1n) is 7.90. The van der Waals surface area contributed by atoms with Gasteiger partial charge in [0.05, 0.1) is 44.4 Å². The first-order valence-corrected chi connectivity index (χ1v) is 10.2. The lowest BCUT2D eigenvalue weighted by Crippen LogP contribution is -2.27. The van der Waals surface area contributed by atoms with Crippen LogP contribution in [0.25, 0.3) is 0 Å². The van der Waals surface area contributed by atoms with E-state index in [1.54, 1.807) is 0 Å². The zero-order valence-corrected chi connectivity index (χ0v) is 20.2. The number of methoxy groups -OCH3 is 2. The fourth-order valence-electron chi connectivity index (χ4n) is 2.19. The summed E-state index contributed by atoms with van der Waals surface area (Å²) >= 11 is 35.6. The quantitative estimate of drug-likeness (QED) is 0.202. The van der Waals surface area contributed by atoms with Gasteiger partial charge in [0.2, 0.25) is 0 Å². The molecule has 2 rings (SSSR count). The number of hydrogen-bond acceptors (Lipinski definition) is 8. The zero-order chi connectivity index (χ0) is 24.3. The van der Waals surface area contributed by atoms with E-state index in [-0.39, 0.29) is 30.1 Å². The minimum atomic E-state index is -1.67. The van der Waals surface area contributed by atoms with Gasteiger partial charge in [-0.15, -0.1) is 0 Å². The number of hydrogen-bond donors (Lipinski definition) is 0. The van der Waals surface area contributed by atoms with Gasteiger partial charge in [-0.25, -0.2) is 19.2 Å². The predicted octanol–water partition coefficient (Wildman–Crippen LogP) is 5.69. The summed E-state index contributed by atoms with van der Waals surface area (Å²) in [6.07, 6.45) is 0. The number of halogens is 6. The van der Waals surface area contributed by atoms with E-state index in [9.17, 15) is 19.2 Å². The summed E-state index contributed by atoms with van der Waals surface area (Å²) in [5, 5.41) is -1.68. The monoisotopic (exact) mass is 562 g/mol. The molecule has 0 saturated heterocycles. The number of benzene rings is 2. The van der Waals surface area contributed by atoms with Crippen LogP contribution in [0.5, 0.6) is 11.5 Å². The summed E-state index contributed by atoms with van der Waals surface area (Å²) in [7, 11) is 2.04. The maximum absolute atomic E-state index is 12.3. The third-order valence-corrected chi connectivity index (χ3v) is 5.72. The van der Waals surface area contributed by atoms with Crippen LogP contribution >= 0.6 is 69.6 Å². The summed E-state index contributed by atoms with van der Waals surface area (Å²) < 4.78 is 18.9. The van der Waals surface area contributed by atoms with Crippen molar-refractivity contribution in [3.8, 4) is 11.5 Å². The topological polar surface area (TPSA) is 105 Å². The molecule has 170 valence electrons. The van der Waals surface area contributed by atoms with E-state index in [2.05, 4.69) is 9.47 Å². The van der Waals surface area contributed by atoms with E-state index in [0.29, 0.717) is 0 Å². The van der Waals surface area contributed by atoms with Crippen LogP contribution in [0.15, 0.2) is 12.1 Å². The normalized spacial score (nSPS) is 10.4. The highest BCUT2D eigenvalue weighted by molar-refractivity contribution is 6.47. The van der Waals surface area contributed by atoms with Crippen LogP contribution in [0.3, 0.4) is 0 Å². The van der Waals surface area contributed by atoms with E-state index in [0.717, 1.165) is 26.4 Å². The Morgan fingerprint density at radius 1 is 0.594 bits per heavy atom. The van der Waals surface area contributed by atoms with Crippen LogP contribution in [0, 0.1) is 0 Å². The van der Waals surface area contributed by atoms with Crippen LogP contribution in [-0.4, -0.2) is 38.1 Å². The number of carbonyl (C=O) groups excluding carboxylic acids is 4. The molecule has 0 bridgehead atoms. The lowest BCUT2D eigenvalue weighted by molar-refractivity contribution is -0.156. The summed E-state index contributed by atoms with van der Waals surface area (Å²) in [4.78, 5) is 48.8. The third-order valence-electron chi connectivity index (χ3n) is 3.59. The Bertz CT molecular complexity index is 1060. The Hall–Kier alpha value is -1.94. The van der Waals surface area contributed by atoms with Gasteiger partial charge in [-0.05, 0) is 12.1 Å². The van der Waals surface area contributed by atoms with Gasteiger partial charge >= 0.3 is 23.9 Å². The second-order valence-corrected chi connectivity index (χ2v) is 7.86. The summed E-state index contributed by atoms with van der Waals surface area (Å²) in [6.45, 7) is 0. The third kappa shape index (κ3) is 5.33. The van der Waals surface area contributed by atoms with Gasteiger partial charge < -0.3 is 18.9 Å². The molecule has 14 heteroatoms. The van der Waals surface area contributed by atoms with Gasteiger partial charge in [-0.2, -0.15) is 0 Å². The Labute approximate surface area is 210 Å². The highest BCUT2D eigenvalue weighted by Crippen LogP contribution is 2.41. The van der Waals surface area contributed by atoms with Gasteiger partial charge in [0.15, 0.2) is 11.5 Å². The highest BCUT2D eigenvalue weighted by atomic mass is 35.5. The van der Waals surface area contributed by atoms with Crippen molar-refractivity contribution < 1.29 is 38.1 Å². The smallest absolute Gasteiger partial charge is 0.423 e. The first kappa shape index (κ1) is 26.3. The average Bonchev–Trinajstić information content (AvgIpc) is 2.74. The van der Waals surface area contributed by atoms with Crippen LogP contribution < -0.4 is 9.47 Å². The van der Waals surface area contributed by atoms with Crippen molar-refractivity contribution in [1.82, 2.24) is 0 Å². The number of carbonyl (C=O) groups is 4. The summed E-state index contributed by atoms with van der Waals surface area (Å²) in [5.74, 6) is -6.71. The SMILES string of the molecule is COC(=O)c1c(Cl)c(Cl)cc(Cl)c1OC(=O)C(=O)Oc1c(Cl)cc(Cl)c(Cl)c1C(=O)OC. The van der Waals surface area contributed by atoms with Crippen molar-refractivity contribution in [1.29, 1.82) is 0 Å². The molecule has 0 atom stereocenters. The van der Waals surface area contributed by atoms with Crippen LogP contribution in [0.1, 0.15) is 20.7 Å². The van der Waals surface area contributed by atoms with Gasteiger partial charge in [-0.1, -0.05) is 69.6 Å². The molecule has 2 aromatic carbocycles. The molecule has 2 aromatic rings. The lowest BCUT2D eigenvalue weighted by atomic mass is 10.2. The number of rotatable bonds is 4. The Morgan fingerprint density at radius 2 is 0.906 bits per heavy atom. The van der Waals surface area contributed by atoms with Crippen LogP contribution in [0.2, 0.25) is 30.1 Å². The van der Waals surface area contributed by atoms with Crippen molar-refractivity contribution in [2.75, 3.05) is 14.2 Å². The molecule has 0 radical (unpaired) electrons. The molecule has 0 spiro atoms. The van der Waals surface area contributed by atoms with Crippen LogP contribution in [0.4, 0.5) is 0 Å². The minimum Gasteiger partial charge on any atom is -0.465 e. The Balaban J connectivity index is 2.45. The lowest BCUT2D eigenvalue weighted by Gasteiger charge is -2.14. The van der Waals surface area contributed by atoms with Crippen molar-refractivity contribution in [3.05, 3.63) is 53.4 Å². The maximum Gasteiger partial charge on any atom is 0.423 e. The molecule has 0 aliphatic carbocycles. The molecule has 0 unspecified atom stereocenters. The molecule has 0 fully saturated rings. The first-order chi connectivity index (χ1) is 14.9. The second-order valence-electron chi connectivity index (χ2n) is 5.48. The van der Waals surface area contributed by atoms with E-state index < -0.39 is 46.5 Å². The molecular weight excluding hydrogens is 557 g/mol. The molecule has 0 aliphatic rings. The summed E-state index contributed by atoms with van der Waals surface area (Å²) in [6, 6.07) is 2.13. The van der Waals surface area contributed by atoms with Crippen LogP contribution in [-0.2, 0) is 19.1 Å². The predicted molar refractivity (Wildman–Crippen MR) is 117 cm³/mol. The van der Waals surface area contributed by atoms with Crippen molar-refractivity contribution in [2.24, 2.45) is 0 Å². The maximum atomic E-state index is 12.3. The molecule has 0 amide bonds. The number of ether oxygens (including phenoxy) is 4. The summed E-state index contributed by atoms with van der Waals surface area (Å²) in [5.41, 5.74) is -1.04. The van der Waals surface area contributed by atoms with Gasteiger partial charge in [-0.3, -0.25) is 0 Å². The van der Waals surface area contributed by atoms with Crippen molar-refractivity contribution >= 4 is 93.5 Å². The van der Waals surface area contributed by atoms with Gasteiger partial charge in [0, 0.05) is 0 Å². The number of esters is 4. The van der Waals surface area contributed by atoms with Gasteiger partial charge in [0.25, 0.3) is 0 Å². The molecule has 0 aromatic heterocycles. The largest absolute Gasteiger partial charge is 0.465 e. The standard InChI is InChI=1S/C18H8Cl6O8/c1-29-15(25)9-11(23)5(19)3-7(21)13(9)31-17(27)18(28)32-14-8(22)4-6(20)12(24)10(14)16(26)30-2/h3-4H,1-2H3. The van der Waals surface area contributed by atoms with E-state index in [1.807, 2.05) is 0 Å². The minimum absolute atomic E-state index is 0.148. The Kier molecular flexibility index (Phi) is 8.87.